The third kappa shape index (κ3) is 8.07. The van der Waals surface area contributed by atoms with Crippen molar-refractivity contribution in [2.45, 2.75) is 4.90 Å². The first kappa shape index (κ1) is 21.0. The molecule has 0 atom stereocenters. The molecule has 0 aliphatic carbocycles. The minimum absolute atomic E-state index is 0.0248. The average molecular weight is 409 g/mol. The van der Waals surface area contributed by atoms with Crippen LogP contribution in [0.4, 0.5) is 5.69 Å². The maximum absolute atomic E-state index is 10.6. The van der Waals surface area contributed by atoms with Gasteiger partial charge in [-0.15, -0.1) is 4.83 Å². The molecule has 0 heterocycles. The molecule has 0 amide bonds. The molecule has 25 heavy (non-hydrogen) atoms. The number of hydrazine groups is 1. The minimum atomic E-state index is -4.27. The van der Waals surface area contributed by atoms with Gasteiger partial charge in [0.05, 0.1) is 9.92 Å². The summed E-state index contributed by atoms with van der Waals surface area (Å²) < 4.78 is 58.5. The van der Waals surface area contributed by atoms with Crippen molar-refractivity contribution in [3.8, 4) is 0 Å². The highest BCUT2D eigenvalue weighted by atomic mass is 35.5. The van der Waals surface area contributed by atoms with Gasteiger partial charge in [0.1, 0.15) is 0 Å². The molecule has 12 heteroatoms. The predicted octanol–water partition coefficient (Wildman–Crippen LogP) is 1.81. The number of rotatable bonds is 5. The lowest BCUT2D eigenvalue weighted by Crippen LogP contribution is -2.28. The Bertz CT molecular complexity index is 932. The zero-order chi connectivity index (χ0) is 19.1. The van der Waals surface area contributed by atoms with Gasteiger partial charge in [0.2, 0.25) is 0 Å². The van der Waals surface area contributed by atoms with E-state index in [9.17, 15) is 21.6 Å². The second-order valence-electron chi connectivity index (χ2n) is 4.34. The summed E-state index contributed by atoms with van der Waals surface area (Å²) in [5.41, 5.74) is 2.87. The van der Waals surface area contributed by atoms with Crippen LogP contribution in [-0.2, 0) is 20.4 Å². The van der Waals surface area contributed by atoms with Crippen LogP contribution in [-0.4, -0.2) is 32.2 Å². The maximum atomic E-state index is 10.6. The zero-order valence-corrected chi connectivity index (χ0v) is 14.7. The molecular formula is C13H13ClN2O7S2. The van der Waals surface area contributed by atoms with Gasteiger partial charge < -0.3 is 5.43 Å². The van der Waals surface area contributed by atoms with Gasteiger partial charge in [0.25, 0.3) is 10.1 Å². The van der Waals surface area contributed by atoms with E-state index in [0.717, 1.165) is 12.1 Å². The lowest BCUT2D eigenvalue weighted by molar-refractivity contribution is 0.112. The van der Waals surface area contributed by atoms with E-state index in [2.05, 4.69) is 5.43 Å². The quantitative estimate of drug-likeness (QED) is 0.332. The van der Waals surface area contributed by atoms with Crippen LogP contribution in [0.25, 0.3) is 0 Å². The fourth-order valence-electron chi connectivity index (χ4n) is 1.42. The summed E-state index contributed by atoms with van der Waals surface area (Å²) in [6.45, 7) is 0. The summed E-state index contributed by atoms with van der Waals surface area (Å²) in [5.74, 6) is 0. The number of benzene rings is 2. The molecule has 0 spiro atoms. The van der Waals surface area contributed by atoms with E-state index >= 15 is 0 Å². The molecule has 4 N–H and O–H groups in total. The second-order valence-corrected chi connectivity index (χ2v) is 7.33. The lowest BCUT2D eigenvalue weighted by Gasteiger charge is -2.03. The number of anilines is 1. The molecule has 0 aliphatic heterocycles. The van der Waals surface area contributed by atoms with Crippen LogP contribution in [0.1, 0.15) is 10.4 Å². The Kier molecular flexibility index (Phi) is 7.48. The van der Waals surface area contributed by atoms with Crippen molar-refractivity contribution < 1.29 is 30.7 Å². The van der Waals surface area contributed by atoms with Crippen LogP contribution in [0.3, 0.4) is 0 Å². The number of aldehydes is 1. The van der Waals surface area contributed by atoms with Gasteiger partial charge in [-0.3, -0.25) is 13.9 Å². The van der Waals surface area contributed by atoms with Gasteiger partial charge in [-0.2, -0.15) is 16.8 Å². The predicted molar refractivity (Wildman–Crippen MR) is 91.4 cm³/mol. The number of nitrogens with one attached hydrogen (secondary N) is 2. The molecule has 0 bridgehead atoms. The Morgan fingerprint density at radius 3 is 2.04 bits per heavy atom. The summed E-state index contributed by atoms with van der Waals surface area (Å²) in [5, 5.41) is 0.141. The summed E-state index contributed by atoms with van der Waals surface area (Å²) in [6, 6.07) is 11.9. The molecule has 0 saturated heterocycles. The number of hydrogen-bond acceptors (Lipinski definition) is 6. The summed E-state index contributed by atoms with van der Waals surface area (Å²) >= 11 is 5.54. The lowest BCUT2D eigenvalue weighted by atomic mass is 10.2. The number of hydrogen-bond donors (Lipinski definition) is 4. The van der Waals surface area contributed by atoms with Crippen LogP contribution in [0.2, 0.25) is 5.02 Å². The van der Waals surface area contributed by atoms with Crippen molar-refractivity contribution in [3.05, 3.63) is 59.1 Å². The van der Waals surface area contributed by atoms with E-state index in [4.69, 9.17) is 20.7 Å². The SMILES string of the molecule is O=Cc1cc(S(=O)(=O)O)ccc1Cl.O=S(=O)(O)NNc1ccccc1. The van der Waals surface area contributed by atoms with E-state index in [1.807, 2.05) is 0 Å². The number of carbonyl (C=O) groups excluding carboxylic acids is 1. The molecule has 0 aromatic heterocycles. The van der Waals surface area contributed by atoms with E-state index < -0.39 is 20.4 Å². The van der Waals surface area contributed by atoms with Crippen LogP contribution < -0.4 is 10.3 Å². The fraction of sp³-hybridized carbons (Fsp3) is 0. The Morgan fingerprint density at radius 1 is 0.960 bits per heavy atom. The molecule has 9 nitrogen and oxygen atoms in total. The number of halogens is 1. The zero-order valence-electron chi connectivity index (χ0n) is 12.3. The summed E-state index contributed by atoms with van der Waals surface area (Å²) in [4.78, 5) is 11.7. The van der Waals surface area contributed by atoms with Gasteiger partial charge in [-0.1, -0.05) is 29.8 Å². The van der Waals surface area contributed by atoms with Crippen molar-refractivity contribution in [3.63, 3.8) is 0 Å². The molecule has 0 saturated carbocycles. The smallest absolute Gasteiger partial charge is 0.306 e. The van der Waals surface area contributed by atoms with Gasteiger partial charge in [-0.05, 0) is 30.3 Å². The molecule has 0 fully saturated rings. The molecule has 2 rings (SSSR count). The normalized spacial score (nSPS) is 11.2. The third-order valence-electron chi connectivity index (χ3n) is 2.49. The highest BCUT2D eigenvalue weighted by molar-refractivity contribution is 7.85. The van der Waals surface area contributed by atoms with E-state index in [1.54, 1.807) is 35.2 Å². The van der Waals surface area contributed by atoms with E-state index in [1.165, 1.54) is 6.07 Å². The second kappa shape index (κ2) is 8.89. The van der Waals surface area contributed by atoms with Crippen molar-refractivity contribution in [1.29, 1.82) is 0 Å². The van der Waals surface area contributed by atoms with Crippen LogP contribution in [0, 0.1) is 0 Å². The monoisotopic (exact) mass is 408 g/mol. The Hall–Kier alpha value is -2.02. The first-order chi connectivity index (χ1) is 11.5. The fourth-order valence-corrected chi connectivity index (χ4v) is 2.34. The topological polar surface area (TPSA) is 150 Å². The molecule has 0 unspecified atom stereocenters. The van der Waals surface area contributed by atoms with Gasteiger partial charge >= 0.3 is 10.3 Å². The van der Waals surface area contributed by atoms with Crippen LogP contribution >= 0.6 is 11.6 Å². The third-order valence-corrected chi connectivity index (χ3v) is 4.04. The Balaban J connectivity index is 0.000000251. The summed E-state index contributed by atoms with van der Waals surface area (Å²) in [6.07, 6.45) is 0.414. The highest BCUT2D eigenvalue weighted by Gasteiger charge is 2.11. The molecule has 136 valence electrons. The van der Waals surface area contributed by atoms with E-state index in [0.29, 0.717) is 12.0 Å². The minimum Gasteiger partial charge on any atom is -0.306 e. The first-order valence-corrected chi connectivity index (χ1v) is 9.56. The first-order valence-electron chi connectivity index (χ1n) is 6.30. The molecule has 2 aromatic rings. The Labute approximate surface area is 149 Å². The number of carbonyl (C=O) groups is 1. The average Bonchev–Trinajstić information content (AvgIpc) is 2.53. The molecule has 2 aromatic carbocycles. The van der Waals surface area contributed by atoms with Gasteiger partial charge in [0, 0.05) is 11.3 Å². The van der Waals surface area contributed by atoms with Crippen LogP contribution in [0.5, 0.6) is 0 Å². The van der Waals surface area contributed by atoms with Crippen LogP contribution in [0.15, 0.2) is 53.4 Å². The van der Waals surface area contributed by atoms with Crippen molar-refractivity contribution in [2.75, 3.05) is 5.43 Å². The Morgan fingerprint density at radius 2 is 1.56 bits per heavy atom. The molecular weight excluding hydrogens is 396 g/mol. The van der Waals surface area contributed by atoms with Crippen molar-refractivity contribution in [1.82, 2.24) is 4.83 Å². The summed E-state index contributed by atoms with van der Waals surface area (Å²) in [7, 11) is -8.45. The van der Waals surface area contributed by atoms with E-state index in [-0.39, 0.29) is 15.5 Å². The number of para-hydroxylation sites is 1. The van der Waals surface area contributed by atoms with Gasteiger partial charge in [-0.25, -0.2) is 0 Å². The van der Waals surface area contributed by atoms with Gasteiger partial charge in [0.15, 0.2) is 6.29 Å². The molecule has 0 aliphatic rings. The molecule has 0 radical (unpaired) electrons. The highest BCUT2D eigenvalue weighted by Crippen LogP contribution is 2.18. The van der Waals surface area contributed by atoms with Crippen molar-refractivity contribution in [2.24, 2.45) is 0 Å². The van der Waals surface area contributed by atoms with Crippen molar-refractivity contribution >= 4 is 44.0 Å². The largest absolute Gasteiger partial charge is 0.350 e. The maximum Gasteiger partial charge on any atom is 0.350 e. The standard InChI is InChI=1S/C7H5ClO4S.C6H8N2O3S/c8-7-2-1-6(13(10,11)12)3-5(7)4-9;9-12(10,11)8-7-6-4-2-1-3-5-6/h1-4H,(H,10,11,12);1-5,7-8H,(H,9,10,11).